The van der Waals surface area contributed by atoms with Gasteiger partial charge in [0, 0.05) is 31.3 Å². The van der Waals surface area contributed by atoms with Gasteiger partial charge in [0.05, 0.1) is 144 Å². The van der Waals surface area contributed by atoms with E-state index in [4.69, 9.17) is 61.6 Å². The van der Waals surface area contributed by atoms with Gasteiger partial charge in [0.2, 0.25) is 0 Å². The molecule has 0 heterocycles. The van der Waals surface area contributed by atoms with Gasteiger partial charge in [-0.3, -0.25) is 0 Å². The summed E-state index contributed by atoms with van der Waals surface area (Å²) in [7, 11) is 0. The predicted octanol–water partition coefficient (Wildman–Crippen LogP) is 6.17. The Morgan fingerprint density at radius 2 is 0.809 bits per heavy atom. The third kappa shape index (κ3) is 25.4. The highest BCUT2D eigenvalue weighted by Gasteiger charge is 2.29. The van der Waals surface area contributed by atoms with E-state index in [9.17, 15) is 9.59 Å². The number of hydrogen-bond acceptors (Lipinski definition) is 16. The second kappa shape index (κ2) is 38.6. The quantitative estimate of drug-likeness (QED) is 0.0486. The monoisotopic (exact) mass is 957 g/mol. The van der Waals surface area contributed by atoms with Crippen molar-refractivity contribution in [2.45, 2.75) is 32.1 Å². The summed E-state index contributed by atoms with van der Waals surface area (Å²) >= 11 is 0. The van der Waals surface area contributed by atoms with Crippen LogP contribution in [0.2, 0.25) is 0 Å². The molecule has 1 amide bonds. The maximum absolute atomic E-state index is 12.3. The number of amides is 1. The Morgan fingerprint density at radius 3 is 1.22 bits per heavy atom. The average Bonchev–Trinajstić information content (AvgIpc) is 3.68. The second-order valence-corrected chi connectivity index (χ2v) is 15.3. The second-order valence-electron chi connectivity index (χ2n) is 15.3. The van der Waals surface area contributed by atoms with Crippen LogP contribution in [0.25, 0.3) is 11.1 Å². The smallest absolute Gasteiger partial charge is 0.407 e. The lowest BCUT2D eigenvalue weighted by Crippen LogP contribution is -2.27. The van der Waals surface area contributed by atoms with E-state index in [0.717, 1.165) is 25.1 Å². The Balaban J connectivity index is 0.760. The Hall–Kier alpha value is -4.24. The van der Waals surface area contributed by atoms with E-state index >= 15 is 0 Å². The van der Waals surface area contributed by atoms with Gasteiger partial charge in [0.15, 0.2) is 0 Å². The first-order chi connectivity index (χ1) is 33.7. The van der Waals surface area contributed by atoms with Crippen molar-refractivity contribution in [2.24, 2.45) is 0 Å². The number of carbonyl (C=O) groups excluding carboxylic acids is 2. The molecule has 0 atom stereocenters. The number of unbranched alkanes of at least 4 members (excludes halogenated alkanes) is 1. The van der Waals surface area contributed by atoms with Crippen molar-refractivity contribution in [1.82, 2.24) is 5.32 Å². The summed E-state index contributed by atoms with van der Waals surface area (Å²) in [6.45, 7) is 14.2. The minimum Gasteiger partial charge on any atom is -0.460 e. The number of fused-ring (bicyclic) bond motifs is 3. The van der Waals surface area contributed by atoms with E-state index in [1.54, 1.807) is 12.1 Å². The standard InChI is InChI=1S/C51H76N2O15/c1-2-3-17-52-44-15-13-43(14-16-44)50(54)67-41-40-66-39-38-65-37-36-64-35-34-63-33-32-62-31-30-61-29-28-60-27-26-59-25-24-58-23-22-57-21-20-56-19-8-18-53-51(55)68-42-49-47-11-6-4-9-45(47)46-10-5-7-12-48(46)49/h4-7,9-16,49,52H,2-3,8,17-42H2,1H3,(H,53,55). The summed E-state index contributed by atoms with van der Waals surface area (Å²) in [6.07, 6.45) is 2.49. The normalized spacial score (nSPS) is 12.0. The van der Waals surface area contributed by atoms with Crippen LogP contribution in [0.3, 0.4) is 0 Å². The van der Waals surface area contributed by atoms with Gasteiger partial charge in [0.1, 0.15) is 13.2 Å². The highest BCUT2D eigenvalue weighted by molar-refractivity contribution is 5.89. The Kier molecular flexibility index (Phi) is 32.0. The van der Waals surface area contributed by atoms with Gasteiger partial charge in [-0.25, -0.2) is 9.59 Å². The van der Waals surface area contributed by atoms with Gasteiger partial charge in [0.25, 0.3) is 0 Å². The van der Waals surface area contributed by atoms with Crippen molar-refractivity contribution in [3.05, 3.63) is 89.5 Å². The number of benzene rings is 3. The summed E-state index contributed by atoms with van der Waals surface area (Å²) in [4.78, 5) is 24.5. The predicted molar refractivity (Wildman–Crippen MR) is 257 cm³/mol. The lowest BCUT2D eigenvalue weighted by Gasteiger charge is -2.14. The van der Waals surface area contributed by atoms with Crippen molar-refractivity contribution in [1.29, 1.82) is 0 Å². The highest BCUT2D eigenvalue weighted by Crippen LogP contribution is 2.44. The molecule has 17 nitrogen and oxygen atoms in total. The molecule has 0 aromatic heterocycles. The number of hydrogen-bond donors (Lipinski definition) is 2. The van der Waals surface area contributed by atoms with E-state index in [1.807, 2.05) is 36.4 Å². The van der Waals surface area contributed by atoms with Crippen LogP contribution in [-0.4, -0.2) is 184 Å². The van der Waals surface area contributed by atoms with Crippen LogP contribution in [0.4, 0.5) is 10.5 Å². The molecule has 0 spiro atoms. The molecule has 0 saturated heterocycles. The van der Waals surface area contributed by atoms with Gasteiger partial charge in [-0.15, -0.1) is 0 Å². The molecular weight excluding hydrogens is 881 g/mol. The van der Waals surface area contributed by atoms with Crippen LogP contribution < -0.4 is 10.6 Å². The van der Waals surface area contributed by atoms with Crippen LogP contribution >= 0.6 is 0 Å². The van der Waals surface area contributed by atoms with Crippen LogP contribution in [0.5, 0.6) is 0 Å². The van der Waals surface area contributed by atoms with Gasteiger partial charge in [-0.1, -0.05) is 61.9 Å². The molecule has 2 N–H and O–H groups in total. The molecule has 0 radical (unpaired) electrons. The van der Waals surface area contributed by atoms with Crippen LogP contribution in [0.15, 0.2) is 72.8 Å². The number of ether oxygens (including phenoxy) is 13. The zero-order valence-corrected chi connectivity index (χ0v) is 40.1. The lowest BCUT2D eigenvalue weighted by molar-refractivity contribution is -0.0280. The SMILES string of the molecule is CCCCNc1ccc(C(=O)OCCOCCOCCOCCOCCOCCOCCOCCOCCOCCOCCOCCCNC(=O)OCC2c3ccccc3-c3ccccc32)cc1. The third-order valence-corrected chi connectivity index (χ3v) is 10.2. The summed E-state index contributed by atoms with van der Waals surface area (Å²) in [6, 6.07) is 23.8. The van der Waals surface area contributed by atoms with Gasteiger partial charge in [-0.05, 0) is 59.4 Å². The summed E-state index contributed by atoms with van der Waals surface area (Å²) in [5.41, 5.74) is 6.30. The topological polar surface area (TPSA) is 178 Å². The molecule has 4 rings (SSSR count). The van der Waals surface area contributed by atoms with E-state index in [1.165, 1.54) is 22.3 Å². The summed E-state index contributed by atoms with van der Waals surface area (Å²) in [5.74, 6) is -0.323. The number of carbonyl (C=O) groups is 2. The number of alkyl carbamates (subject to hydrolysis) is 1. The molecule has 0 aliphatic heterocycles. The minimum atomic E-state index is -0.420. The fourth-order valence-corrected chi connectivity index (χ4v) is 6.73. The number of nitrogens with one attached hydrogen (secondary N) is 2. The third-order valence-electron chi connectivity index (χ3n) is 10.2. The van der Waals surface area contributed by atoms with E-state index in [0.29, 0.717) is 170 Å². The molecule has 0 bridgehead atoms. The first-order valence-electron chi connectivity index (χ1n) is 24.1. The van der Waals surface area contributed by atoms with Crippen LogP contribution in [-0.2, 0) is 61.6 Å². The number of anilines is 1. The fourth-order valence-electron chi connectivity index (χ4n) is 6.73. The Morgan fingerprint density at radius 1 is 0.426 bits per heavy atom. The van der Waals surface area contributed by atoms with Gasteiger partial charge in [-0.2, -0.15) is 0 Å². The average molecular weight is 957 g/mol. The van der Waals surface area contributed by atoms with E-state index in [-0.39, 0.29) is 18.5 Å². The maximum Gasteiger partial charge on any atom is 0.407 e. The summed E-state index contributed by atoms with van der Waals surface area (Å²) < 4.78 is 71.6. The molecule has 68 heavy (non-hydrogen) atoms. The fraction of sp³-hybridized carbons (Fsp3) is 0.608. The summed E-state index contributed by atoms with van der Waals surface area (Å²) in [5, 5.41) is 6.13. The van der Waals surface area contributed by atoms with Crippen molar-refractivity contribution >= 4 is 17.7 Å². The minimum absolute atomic E-state index is 0.0435. The molecule has 17 heteroatoms. The number of esters is 1. The molecule has 3 aromatic carbocycles. The molecule has 0 unspecified atom stereocenters. The van der Waals surface area contributed by atoms with Crippen molar-refractivity contribution in [3.8, 4) is 11.1 Å². The molecule has 0 saturated carbocycles. The zero-order chi connectivity index (χ0) is 47.8. The maximum atomic E-state index is 12.3. The highest BCUT2D eigenvalue weighted by atomic mass is 16.6. The van der Waals surface area contributed by atoms with E-state index < -0.39 is 6.09 Å². The Bertz CT molecular complexity index is 1670. The Labute approximate surface area is 402 Å². The van der Waals surface area contributed by atoms with Crippen LogP contribution in [0.1, 0.15) is 53.6 Å². The van der Waals surface area contributed by atoms with Crippen molar-refractivity contribution in [2.75, 3.05) is 177 Å². The zero-order valence-electron chi connectivity index (χ0n) is 40.1. The first-order valence-corrected chi connectivity index (χ1v) is 24.1. The molecule has 0 fully saturated rings. The van der Waals surface area contributed by atoms with Crippen molar-refractivity contribution in [3.63, 3.8) is 0 Å². The van der Waals surface area contributed by atoms with Gasteiger partial charge >= 0.3 is 12.1 Å². The molecule has 1 aliphatic carbocycles. The lowest BCUT2D eigenvalue weighted by atomic mass is 9.98. The molecular formula is C51H76N2O15. The molecule has 3 aromatic rings. The molecule has 1 aliphatic rings. The molecule has 380 valence electrons. The number of rotatable bonds is 44. The largest absolute Gasteiger partial charge is 0.460 e. The van der Waals surface area contributed by atoms with Crippen molar-refractivity contribution < 1.29 is 71.2 Å². The first kappa shape index (κ1) is 56.3. The van der Waals surface area contributed by atoms with E-state index in [2.05, 4.69) is 41.8 Å². The van der Waals surface area contributed by atoms with Gasteiger partial charge < -0.3 is 72.2 Å². The van der Waals surface area contributed by atoms with Crippen LogP contribution in [0, 0.1) is 0 Å².